The second kappa shape index (κ2) is 10.3. The topological polar surface area (TPSA) is 126 Å². The zero-order valence-electron chi connectivity index (χ0n) is 21.0. The average Bonchev–Trinajstić information content (AvgIpc) is 3.47. The number of nitrogens with zero attached hydrogens (tertiary/aromatic N) is 6. The first kappa shape index (κ1) is 25.2. The van der Waals surface area contributed by atoms with Gasteiger partial charge in [0.05, 0.1) is 25.2 Å². The number of rotatable bonds is 8. The average molecular weight is 557 g/mol. The zero-order valence-corrected chi connectivity index (χ0v) is 22.7. The maximum atomic E-state index is 13.8. The number of aromatic nitrogens is 5. The van der Waals surface area contributed by atoms with Gasteiger partial charge in [0.1, 0.15) is 21.5 Å². The number of nitrogens with one attached hydrogen (secondary N) is 2. The summed E-state index contributed by atoms with van der Waals surface area (Å²) in [5.74, 6) is 1.15. The Labute approximate surface area is 227 Å². The molecule has 13 heteroatoms. The van der Waals surface area contributed by atoms with E-state index in [-0.39, 0.29) is 36.0 Å². The summed E-state index contributed by atoms with van der Waals surface area (Å²) in [6.07, 6.45) is 5.98. The molecule has 2 saturated carbocycles. The predicted octanol–water partition coefficient (Wildman–Crippen LogP) is 4.30. The number of anilines is 3. The van der Waals surface area contributed by atoms with Crippen LogP contribution in [0.4, 0.5) is 20.5 Å². The lowest BCUT2D eigenvalue weighted by atomic mass is 9.82. The Morgan fingerprint density at radius 3 is 2.29 bits per heavy atom. The molecule has 1 saturated heterocycles. The van der Waals surface area contributed by atoms with Gasteiger partial charge in [0, 0.05) is 17.8 Å². The number of halogens is 1. The van der Waals surface area contributed by atoms with Crippen molar-refractivity contribution in [3.05, 3.63) is 33.9 Å². The molecule has 3 aromatic rings. The van der Waals surface area contributed by atoms with Gasteiger partial charge in [-0.3, -0.25) is 9.59 Å². The van der Waals surface area contributed by atoms with Gasteiger partial charge in [-0.2, -0.15) is 0 Å². The number of carbonyl (C=O) groups excluding carboxylic acids is 2. The summed E-state index contributed by atoms with van der Waals surface area (Å²) in [5.41, 5.74) is -0.562. The molecule has 2 aliphatic carbocycles. The van der Waals surface area contributed by atoms with Crippen molar-refractivity contribution in [3.8, 4) is 0 Å². The quantitative estimate of drug-likeness (QED) is 0.421. The standard InChI is InChI=1S/C25H29FN8O2S2/c1-25(26)12-34(13-25)18-7-3-6-17(27-18)11-19(35)28-23-32-30-21(37-23)15-4-2-5-16(10-15)22-31-33-24(38-22)29-20(36)14-8-9-14/h3,6-7,14-16H,2,4-5,8-13H2,1H3,(H,28,32,35)(H,29,33,36)/t15-,16-/m0/s1. The first-order valence-electron chi connectivity index (χ1n) is 13.0. The monoisotopic (exact) mass is 556 g/mol. The molecule has 200 valence electrons. The predicted molar refractivity (Wildman–Crippen MR) is 143 cm³/mol. The highest BCUT2D eigenvalue weighted by molar-refractivity contribution is 7.15. The number of alkyl halides is 1. The van der Waals surface area contributed by atoms with E-state index in [2.05, 4.69) is 36.0 Å². The van der Waals surface area contributed by atoms with Crippen molar-refractivity contribution < 1.29 is 14.0 Å². The third-order valence-corrected chi connectivity index (χ3v) is 9.18. The van der Waals surface area contributed by atoms with Crippen molar-refractivity contribution in [2.45, 2.75) is 69.4 Å². The molecule has 2 amide bonds. The summed E-state index contributed by atoms with van der Waals surface area (Å²) in [6, 6.07) is 5.46. The molecule has 0 aromatic carbocycles. The molecule has 6 rings (SSSR count). The second-order valence-electron chi connectivity index (χ2n) is 10.7. The Morgan fingerprint density at radius 2 is 1.66 bits per heavy atom. The van der Waals surface area contributed by atoms with Crippen molar-refractivity contribution >= 4 is 50.6 Å². The van der Waals surface area contributed by atoms with E-state index in [0.717, 1.165) is 48.5 Å². The van der Waals surface area contributed by atoms with Crippen LogP contribution in [0, 0.1) is 5.92 Å². The fraction of sp³-hybridized carbons (Fsp3) is 0.560. The van der Waals surface area contributed by atoms with Crippen molar-refractivity contribution in [2.75, 3.05) is 28.6 Å². The van der Waals surface area contributed by atoms with Gasteiger partial charge in [-0.05, 0) is 51.2 Å². The van der Waals surface area contributed by atoms with E-state index in [4.69, 9.17) is 0 Å². The maximum absolute atomic E-state index is 13.8. The molecule has 0 radical (unpaired) electrons. The normalized spacial score (nSPS) is 22.5. The molecule has 0 bridgehead atoms. The van der Waals surface area contributed by atoms with Gasteiger partial charge in [-0.25, -0.2) is 9.37 Å². The SMILES string of the molecule is CC1(F)CN(c2cccc(CC(=O)Nc3nnc([C@H]4CCC[C@H](c5nnc(NC(=O)C6CC6)s5)C4)s3)n2)C1. The molecule has 2 atom stereocenters. The summed E-state index contributed by atoms with van der Waals surface area (Å²) in [4.78, 5) is 31.1. The Hall–Kier alpha value is -3.06. The molecular weight excluding hydrogens is 527 g/mol. The lowest BCUT2D eigenvalue weighted by Crippen LogP contribution is -2.57. The van der Waals surface area contributed by atoms with E-state index in [1.165, 1.54) is 22.7 Å². The minimum Gasteiger partial charge on any atom is -0.350 e. The molecule has 0 spiro atoms. The molecule has 3 fully saturated rings. The van der Waals surface area contributed by atoms with Gasteiger partial charge in [0.25, 0.3) is 0 Å². The smallest absolute Gasteiger partial charge is 0.232 e. The molecule has 2 N–H and O–H groups in total. The van der Waals surface area contributed by atoms with Crippen LogP contribution in [-0.2, 0) is 16.0 Å². The van der Waals surface area contributed by atoms with Crippen molar-refractivity contribution in [2.24, 2.45) is 5.92 Å². The highest BCUT2D eigenvalue weighted by atomic mass is 32.1. The number of hydrogen-bond acceptors (Lipinski definition) is 10. The third-order valence-electron chi connectivity index (χ3n) is 7.18. The van der Waals surface area contributed by atoms with Crippen LogP contribution in [-0.4, -0.2) is 56.0 Å². The fourth-order valence-corrected chi connectivity index (χ4v) is 6.87. The Bertz CT molecular complexity index is 1330. The number of hydrogen-bond donors (Lipinski definition) is 2. The van der Waals surface area contributed by atoms with Gasteiger partial charge in [-0.15, -0.1) is 20.4 Å². The molecule has 3 aliphatic rings. The molecule has 10 nitrogen and oxygen atoms in total. The Morgan fingerprint density at radius 1 is 1.00 bits per heavy atom. The zero-order chi connectivity index (χ0) is 26.3. The minimum atomic E-state index is -1.18. The van der Waals surface area contributed by atoms with Gasteiger partial charge in [-0.1, -0.05) is 35.2 Å². The van der Waals surface area contributed by atoms with E-state index < -0.39 is 5.67 Å². The first-order valence-corrected chi connectivity index (χ1v) is 14.6. The summed E-state index contributed by atoms with van der Waals surface area (Å²) >= 11 is 2.87. The van der Waals surface area contributed by atoms with E-state index in [1.807, 2.05) is 17.0 Å². The molecule has 0 unspecified atom stereocenters. The van der Waals surface area contributed by atoms with Gasteiger partial charge >= 0.3 is 0 Å². The van der Waals surface area contributed by atoms with Crippen LogP contribution in [0.15, 0.2) is 18.2 Å². The van der Waals surface area contributed by atoms with Crippen LogP contribution < -0.4 is 15.5 Å². The third kappa shape index (κ3) is 5.83. The first-order chi connectivity index (χ1) is 18.3. The van der Waals surface area contributed by atoms with E-state index >= 15 is 0 Å². The van der Waals surface area contributed by atoms with Crippen LogP contribution >= 0.6 is 22.7 Å². The van der Waals surface area contributed by atoms with Crippen LogP contribution in [0.3, 0.4) is 0 Å². The van der Waals surface area contributed by atoms with E-state index in [9.17, 15) is 14.0 Å². The highest BCUT2D eigenvalue weighted by Gasteiger charge is 2.39. The van der Waals surface area contributed by atoms with Crippen molar-refractivity contribution in [3.63, 3.8) is 0 Å². The van der Waals surface area contributed by atoms with Gasteiger partial charge < -0.3 is 15.5 Å². The maximum Gasteiger partial charge on any atom is 0.232 e. The van der Waals surface area contributed by atoms with E-state index in [1.54, 1.807) is 13.0 Å². The highest BCUT2D eigenvalue weighted by Crippen LogP contribution is 2.43. The Kier molecular flexibility index (Phi) is 6.81. The molecule has 3 aromatic heterocycles. The van der Waals surface area contributed by atoms with Crippen LogP contribution in [0.25, 0.3) is 0 Å². The summed E-state index contributed by atoms with van der Waals surface area (Å²) in [6.45, 7) is 2.19. The van der Waals surface area contributed by atoms with Crippen LogP contribution in [0.2, 0.25) is 0 Å². The van der Waals surface area contributed by atoms with Gasteiger partial charge in [0.2, 0.25) is 22.1 Å². The lowest BCUT2D eigenvalue weighted by molar-refractivity contribution is -0.117. The molecular formula is C25H29FN8O2S2. The molecule has 38 heavy (non-hydrogen) atoms. The summed E-state index contributed by atoms with van der Waals surface area (Å²) < 4.78 is 13.8. The summed E-state index contributed by atoms with van der Waals surface area (Å²) in [5, 5.41) is 25.8. The second-order valence-corrected chi connectivity index (χ2v) is 12.7. The Balaban J connectivity index is 1.03. The van der Waals surface area contributed by atoms with E-state index in [0.29, 0.717) is 34.9 Å². The van der Waals surface area contributed by atoms with Gasteiger partial charge in [0.15, 0.2) is 0 Å². The van der Waals surface area contributed by atoms with Crippen molar-refractivity contribution in [1.29, 1.82) is 0 Å². The van der Waals surface area contributed by atoms with Crippen molar-refractivity contribution in [1.82, 2.24) is 25.4 Å². The minimum absolute atomic E-state index is 0.0432. The number of amides is 2. The van der Waals surface area contributed by atoms with Crippen LogP contribution in [0.1, 0.15) is 73.0 Å². The molecule has 1 aliphatic heterocycles. The lowest BCUT2D eigenvalue weighted by Gasteiger charge is -2.43. The number of pyridine rings is 1. The summed E-state index contributed by atoms with van der Waals surface area (Å²) in [7, 11) is 0. The fourth-order valence-electron chi connectivity index (χ4n) is 5.07. The van der Waals surface area contributed by atoms with Crippen LogP contribution in [0.5, 0.6) is 0 Å². The largest absolute Gasteiger partial charge is 0.350 e. The molecule has 4 heterocycles. The number of carbonyl (C=O) groups is 2.